The highest BCUT2D eigenvalue weighted by Gasteiger charge is 2.38. The molecule has 9 nitrogen and oxygen atoms in total. The van der Waals surface area contributed by atoms with Crippen molar-refractivity contribution >= 4 is 22.8 Å². The van der Waals surface area contributed by atoms with Crippen LogP contribution >= 0.6 is 0 Å². The molecule has 1 saturated heterocycles. The second-order valence-electron chi connectivity index (χ2n) is 11.3. The highest BCUT2D eigenvalue weighted by molar-refractivity contribution is 5.90. The largest absolute Gasteiger partial charge is 0.471 e. The molecule has 44 heavy (non-hydrogen) atoms. The Morgan fingerprint density at radius 1 is 1.14 bits per heavy atom. The molecular formula is C31H32F4N6O3. The minimum absolute atomic E-state index is 0.0607. The molecule has 1 fully saturated rings. The van der Waals surface area contributed by atoms with Gasteiger partial charge in [0.05, 0.1) is 23.3 Å². The summed E-state index contributed by atoms with van der Waals surface area (Å²) >= 11 is 0. The Labute approximate surface area is 251 Å². The second-order valence-corrected chi connectivity index (χ2v) is 11.3. The van der Waals surface area contributed by atoms with Crippen molar-refractivity contribution in [3.05, 3.63) is 71.2 Å². The number of hydrogen-bond donors (Lipinski definition) is 2. The van der Waals surface area contributed by atoms with Crippen LogP contribution in [0.3, 0.4) is 0 Å². The van der Waals surface area contributed by atoms with E-state index in [2.05, 4.69) is 20.3 Å². The Balaban J connectivity index is 1.18. The maximum absolute atomic E-state index is 14.5. The Morgan fingerprint density at radius 2 is 1.95 bits per heavy atom. The molecule has 3 atom stereocenters. The summed E-state index contributed by atoms with van der Waals surface area (Å²) in [6.45, 7) is 4.71. The lowest BCUT2D eigenvalue weighted by molar-refractivity contribution is -0.140. The number of amides is 2. The van der Waals surface area contributed by atoms with E-state index in [1.165, 1.54) is 0 Å². The molecule has 2 aliphatic rings. The van der Waals surface area contributed by atoms with Crippen molar-refractivity contribution in [1.29, 1.82) is 0 Å². The van der Waals surface area contributed by atoms with Gasteiger partial charge in [0.25, 0.3) is 0 Å². The lowest BCUT2D eigenvalue weighted by Gasteiger charge is -2.35. The molecule has 0 saturated carbocycles. The Bertz CT molecular complexity index is 1690. The smallest absolute Gasteiger partial charge is 0.421 e. The van der Waals surface area contributed by atoms with E-state index in [1.807, 2.05) is 38.1 Å². The van der Waals surface area contributed by atoms with Crippen molar-refractivity contribution in [3.63, 3.8) is 0 Å². The summed E-state index contributed by atoms with van der Waals surface area (Å²) in [5, 5.41) is 3.40. The number of carbonyl (C=O) groups is 1. The fourth-order valence-electron chi connectivity index (χ4n) is 5.81. The monoisotopic (exact) mass is 612 g/mol. The lowest BCUT2D eigenvalue weighted by atomic mass is 9.93. The van der Waals surface area contributed by atoms with Crippen molar-refractivity contribution in [1.82, 2.24) is 24.8 Å². The van der Waals surface area contributed by atoms with Crippen LogP contribution in [0.4, 0.5) is 28.0 Å². The first-order chi connectivity index (χ1) is 21.0. The average molecular weight is 613 g/mol. The van der Waals surface area contributed by atoms with Crippen LogP contribution in [0.5, 0.6) is 17.4 Å². The van der Waals surface area contributed by atoms with Gasteiger partial charge in [-0.05, 0) is 75.2 Å². The molecule has 232 valence electrons. The molecule has 6 rings (SSSR count). The third-order valence-electron chi connectivity index (χ3n) is 8.13. The zero-order valence-electron chi connectivity index (χ0n) is 24.4. The molecule has 2 N–H and O–H groups in total. The number of aryl methyl sites for hydroxylation is 1. The minimum Gasteiger partial charge on any atom is -0.471 e. The number of halogens is 4. The first-order valence-corrected chi connectivity index (χ1v) is 14.4. The van der Waals surface area contributed by atoms with Gasteiger partial charge in [-0.2, -0.15) is 13.2 Å². The highest BCUT2D eigenvalue weighted by atomic mass is 19.4. The first kappa shape index (κ1) is 29.7. The van der Waals surface area contributed by atoms with Crippen LogP contribution in [0, 0.1) is 6.92 Å². The maximum Gasteiger partial charge on any atom is 0.421 e. The zero-order chi connectivity index (χ0) is 31.2. The van der Waals surface area contributed by atoms with E-state index in [9.17, 15) is 22.4 Å². The number of piperidine rings is 1. The van der Waals surface area contributed by atoms with Crippen molar-refractivity contribution in [2.24, 2.45) is 0 Å². The fraction of sp³-hybridized carbons (Fsp3) is 0.387. The van der Waals surface area contributed by atoms with Gasteiger partial charge < -0.3 is 29.6 Å². The van der Waals surface area contributed by atoms with Gasteiger partial charge in [-0.1, -0.05) is 6.07 Å². The molecule has 0 radical (unpaired) electrons. The number of anilines is 1. The van der Waals surface area contributed by atoms with E-state index in [1.54, 1.807) is 29.1 Å². The van der Waals surface area contributed by atoms with E-state index in [4.69, 9.17) is 9.47 Å². The Morgan fingerprint density at radius 3 is 2.73 bits per heavy atom. The fourth-order valence-corrected chi connectivity index (χ4v) is 5.81. The van der Waals surface area contributed by atoms with E-state index in [0.29, 0.717) is 36.7 Å². The number of H-pyrrole nitrogens is 1. The number of aromatic nitrogens is 3. The lowest BCUT2D eigenvalue weighted by Crippen LogP contribution is -2.45. The number of aromatic amines is 1. The molecule has 5 heterocycles. The van der Waals surface area contributed by atoms with Gasteiger partial charge in [0.15, 0.2) is 0 Å². The topological polar surface area (TPSA) is 95.6 Å². The molecule has 2 unspecified atom stereocenters. The van der Waals surface area contributed by atoms with Gasteiger partial charge in [-0.25, -0.2) is 19.2 Å². The van der Waals surface area contributed by atoms with Gasteiger partial charge in [-0.3, -0.25) is 0 Å². The maximum atomic E-state index is 14.5. The van der Waals surface area contributed by atoms with Gasteiger partial charge >= 0.3 is 12.2 Å². The molecular weight excluding hydrogens is 580 g/mol. The van der Waals surface area contributed by atoms with Crippen LogP contribution in [0.25, 0.3) is 11.0 Å². The number of carbonyl (C=O) groups excluding carboxylic acids is 1. The number of pyridine rings is 2. The first-order valence-electron chi connectivity index (χ1n) is 14.4. The van der Waals surface area contributed by atoms with Gasteiger partial charge in [0, 0.05) is 31.5 Å². The summed E-state index contributed by atoms with van der Waals surface area (Å²) in [5.74, 6) is 0.510. The van der Waals surface area contributed by atoms with Crippen molar-refractivity contribution < 1.29 is 31.8 Å². The molecule has 13 heteroatoms. The molecule has 1 aromatic carbocycles. The van der Waals surface area contributed by atoms with Crippen LogP contribution in [-0.2, 0) is 12.6 Å². The minimum atomic E-state index is -4.83. The summed E-state index contributed by atoms with van der Waals surface area (Å²) in [7, 11) is 1.73. The molecule has 0 spiro atoms. The van der Waals surface area contributed by atoms with Crippen LogP contribution in [0.15, 0.2) is 48.8 Å². The number of nitrogens with zero attached hydrogens (tertiary/aromatic N) is 4. The molecule has 4 aromatic rings. The summed E-state index contributed by atoms with van der Waals surface area (Å²) in [6.07, 6.45) is -3.77. The average Bonchev–Trinajstić information content (AvgIpc) is 3.36. The predicted octanol–water partition coefficient (Wildman–Crippen LogP) is 6.65. The molecule has 0 aliphatic carbocycles. The Hall–Kier alpha value is -4.39. The summed E-state index contributed by atoms with van der Waals surface area (Å²) in [5.41, 5.74) is 2.27. The van der Waals surface area contributed by atoms with Crippen LogP contribution in [0.2, 0.25) is 0 Å². The number of benzene rings is 1. The molecule has 2 amide bonds. The van der Waals surface area contributed by atoms with Gasteiger partial charge in [0.1, 0.15) is 35.0 Å². The number of ether oxygens (including phenoxy) is 2. The zero-order valence-corrected chi connectivity index (χ0v) is 24.4. The number of urea groups is 1. The van der Waals surface area contributed by atoms with Crippen molar-refractivity contribution in [2.45, 2.75) is 51.2 Å². The number of nitrogens with one attached hydrogen (secondary N) is 2. The molecule has 3 aromatic heterocycles. The number of hydrogen-bond acceptors (Lipinski definition) is 6. The highest BCUT2D eigenvalue weighted by Crippen LogP contribution is 2.39. The van der Waals surface area contributed by atoms with E-state index < -0.39 is 42.0 Å². The van der Waals surface area contributed by atoms with Crippen LogP contribution in [0.1, 0.15) is 41.8 Å². The van der Waals surface area contributed by atoms with Crippen molar-refractivity contribution in [3.8, 4) is 17.4 Å². The Kier molecular flexibility index (Phi) is 7.82. The second kappa shape index (κ2) is 11.6. The third-order valence-corrected chi connectivity index (χ3v) is 8.13. The normalized spacial score (nSPS) is 20.8. The molecule has 0 bridgehead atoms. The summed E-state index contributed by atoms with van der Waals surface area (Å²) in [6, 6.07) is 9.25. The third kappa shape index (κ3) is 6.01. The number of fused-ring (bicyclic) bond motifs is 2. The van der Waals surface area contributed by atoms with E-state index in [0.717, 1.165) is 34.5 Å². The van der Waals surface area contributed by atoms with Gasteiger partial charge in [-0.15, -0.1) is 0 Å². The van der Waals surface area contributed by atoms with E-state index >= 15 is 0 Å². The number of likely N-dealkylation sites (tertiary alicyclic amines) is 1. The molecule has 2 aliphatic heterocycles. The standard InChI is InChI=1S/C31H32F4N6O3/c1-17-12-23-26(6-9-36-28(23)38-17)43-21-5-4-19-7-11-41(18(2)22(19)14-21)30(42)39-20-13-24(31(33,34)35)29(37-15-20)44-27-8-10-40(3)16-25(27)32/h4-6,9,12-15,18,25,27H,7-8,10-11,16H2,1-3H3,(H,36,38)(H,39,42)/t18-,25?,27?/m0/s1. The van der Waals surface area contributed by atoms with Crippen LogP contribution in [-0.4, -0.2) is 69.7 Å². The summed E-state index contributed by atoms with van der Waals surface area (Å²) < 4.78 is 68.0. The van der Waals surface area contributed by atoms with Crippen molar-refractivity contribution in [2.75, 3.05) is 32.0 Å². The van der Waals surface area contributed by atoms with Gasteiger partial charge in [0.2, 0.25) is 5.88 Å². The number of rotatable bonds is 5. The quantitative estimate of drug-likeness (QED) is 0.245. The summed E-state index contributed by atoms with van der Waals surface area (Å²) in [4.78, 5) is 28.0. The van der Waals surface area contributed by atoms with E-state index in [-0.39, 0.29) is 18.7 Å². The van der Waals surface area contributed by atoms with Crippen LogP contribution < -0.4 is 14.8 Å². The predicted molar refractivity (Wildman–Crippen MR) is 156 cm³/mol. The number of alkyl halides is 4. The SMILES string of the molecule is Cc1cc2c(Oc3ccc4c(c3)[C@H](C)N(C(=O)Nc3cnc(OC5CCN(C)CC5F)c(C(F)(F)F)c3)CC4)ccnc2[nH]1.